The second kappa shape index (κ2) is 8.73. The monoisotopic (exact) mass is 341 g/mol. The van der Waals surface area contributed by atoms with E-state index < -0.39 is 11.8 Å². The summed E-state index contributed by atoms with van der Waals surface area (Å²) in [6, 6.07) is 14.3. The molecule has 0 saturated carbocycles. The van der Waals surface area contributed by atoms with Crippen molar-refractivity contribution in [2.75, 3.05) is 35.7 Å². The van der Waals surface area contributed by atoms with E-state index in [1.807, 2.05) is 12.1 Å². The molecule has 0 aromatic heterocycles. The van der Waals surface area contributed by atoms with Crippen LogP contribution in [-0.2, 0) is 9.59 Å². The summed E-state index contributed by atoms with van der Waals surface area (Å²) in [4.78, 5) is 26.3. The Morgan fingerprint density at radius 1 is 0.920 bits per heavy atom. The molecule has 0 unspecified atom stereocenters. The molecule has 0 aliphatic carbocycles. The lowest BCUT2D eigenvalue weighted by atomic mass is 10.2. The van der Waals surface area contributed by atoms with Gasteiger partial charge in [-0.25, -0.2) is 0 Å². The average molecular weight is 341 g/mol. The SMILES string of the molecule is CCN(CC)c1ccc(NC(=O)C(=O)Nc2ccccc2OC)cc1. The van der Waals surface area contributed by atoms with Crippen LogP contribution in [0.1, 0.15) is 13.8 Å². The van der Waals surface area contributed by atoms with Gasteiger partial charge in [0.25, 0.3) is 0 Å². The van der Waals surface area contributed by atoms with Crippen LogP contribution in [-0.4, -0.2) is 32.0 Å². The minimum atomic E-state index is -0.752. The van der Waals surface area contributed by atoms with Crippen molar-refractivity contribution in [3.8, 4) is 5.75 Å². The molecule has 0 radical (unpaired) electrons. The molecule has 0 saturated heterocycles. The summed E-state index contributed by atoms with van der Waals surface area (Å²) in [5.74, 6) is -0.994. The van der Waals surface area contributed by atoms with Crippen LogP contribution in [0.4, 0.5) is 17.1 Å². The van der Waals surface area contributed by atoms with Gasteiger partial charge in [-0.15, -0.1) is 0 Å². The number of nitrogens with one attached hydrogen (secondary N) is 2. The normalized spacial score (nSPS) is 10.0. The number of anilines is 3. The molecule has 0 aliphatic rings. The third-order valence-electron chi connectivity index (χ3n) is 3.82. The molecule has 6 heteroatoms. The standard InChI is InChI=1S/C19H23N3O3/c1-4-22(5-2)15-12-10-14(11-13-15)20-18(23)19(24)21-16-8-6-7-9-17(16)25-3/h6-13H,4-5H2,1-3H3,(H,20,23)(H,21,24). The van der Waals surface area contributed by atoms with Crippen LogP contribution >= 0.6 is 0 Å². The van der Waals surface area contributed by atoms with E-state index in [0.717, 1.165) is 18.8 Å². The number of methoxy groups -OCH3 is 1. The van der Waals surface area contributed by atoms with Crippen molar-refractivity contribution in [1.29, 1.82) is 0 Å². The predicted molar refractivity (Wildman–Crippen MR) is 100 cm³/mol. The fraction of sp³-hybridized carbons (Fsp3) is 0.263. The Kier molecular flexibility index (Phi) is 6.39. The number of benzene rings is 2. The number of hydrogen-bond donors (Lipinski definition) is 2. The lowest BCUT2D eigenvalue weighted by Gasteiger charge is -2.21. The number of nitrogens with zero attached hydrogens (tertiary/aromatic N) is 1. The minimum Gasteiger partial charge on any atom is -0.495 e. The molecule has 0 heterocycles. The summed E-state index contributed by atoms with van der Waals surface area (Å²) in [6.07, 6.45) is 0. The highest BCUT2D eigenvalue weighted by Gasteiger charge is 2.16. The van der Waals surface area contributed by atoms with Crippen molar-refractivity contribution in [3.05, 3.63) is 48.5 Å². The molecule has 2 aromatic carbocycles. The third kappa shape index (κ3) is 4.73. The van der Waals surface area contributed by atoms with Gasteiger partial charge in [-0.2, -0.15) is 0 Å². The first kappa shape index (κ1) is 18.3. The van der Waals surface area contributed by atoms with E-state index in [1.165, 1.54) is 7.11 Å². The number of carbonyl (C=O) groups excluding carboxylic acids is 2. The molecule has 0 atom stereocenters. The molecular formula is C19H23N3O3. The first-order valence-electron chi connectivity index (χ1n) is 8.19. The van der Waals surface area contributed by atoms with Gasteiger partial charge in [0.05, 0.1) is 12.8 Å². The average Bonchev–Trinajstić information content (AvgIpc) is 2.64. The Labute approximate surface area is 147 Å². The van der Waals surface area contributed by atoms with Crippen molar-refractivity contribution < 1.29 is 14.3 Å². The van der Waals surface area contributed by atoms with Gasteiger partial charge in [-0.1, -0.05) is 12.1 Å². The highest BCUT2D eigenvalue weighted by atomic mass is 16.5. The van der Waals surface area contributed by atoms with Gasteiger partial charge in [-0.05, 0) is 50.2 Å². The van der Waals surface area contributed by atoms with Gasteiger partial charge in [0, 0.05) is 24.5 Å². The van der Waals surface area contributed by atoms with Crippen LogP contribution in [0.3, 0.4) is 0 Å². The molecule has 6 nitrogen and oxygen atoms in total. The van der Waals surface area contributed by atoms with E-state index in [0.29, 0.717) is 17.1 Å². The zero-order chi connectivity index (χ0) is 18.2. The van der Waals surface area contributed by atoms with E-state index in [-0.39, 0.29) is 0 Å². The molecule has 2 aromatic rings. The van der Waals surface area contributed by atoms with Crippen LogP contribution < -0.4 is 20.3 Å². The first-order chi connectivity index (χ1) is 12.1. The maximum absolute atomic E-state index is 12.1. The van der Waals surface area contributed by atoms with Gasteiger partial charge in [0.2, 0.25) is 0 Å². The van der Waals surface area contributed by atoms with E-state index in [9.17, 15) is 9.59 Å². The maximum Gasteiger partial charge on any atom is 0.314 e. The van der Waals surface area contributed by atoms with Crippen LogP contribution in [0.2, 0.25) is 0 Å². The second-order valence-corrected chi connectivity index (χ2v) is 5.33. The van der Waals surface area contributed by atoms with E-state index in [1.54, 1.807) is 36.4 Å². The predicted octanol–water partition coefficient (Wildman–Crippen LogP) is 3.12. The largest absolute Gasteiger partial charge is 0.495 e. The number of para-hydroxylation sites is 2. The van der Waals surface area contributed by atoms with Crippen molar-refractivity contribution >= 4 is 28.9 Å². The zero-order valence-electron chi connectivity index (χ0n) is 14.7. The highest BCUT2D eigenvalue weighted by Crippen LogP contribution is 2.23. The van der Waals surface area contributed by atoms with Crippen molar-refractivity contribution in [2.24, 2.45) is 0 Å². The van der Waals surface area contributed by atoms with Crippen LogP contribution in [0.15, 0.2) is 48.5 Å². The Morgan fingerprint density at radius 2 is 1.52 bits per heavy atom. The molecule has 0 spiro atoms. The van der Waals surface area contributed by atoms with Crippen molar-refractivity contribution in [3.63, 3.8) is 0 Å². The topological polar surface area (TPSA) is 70.7 Å². The summed E-state index contributed by atoms with van der Waals surface area (Å²) in [5, 5.41) is 5.14. The van der Waals surface area contributed by atoms with Gasteiger partial charge in [0.1, 0.15) is 5.75 Å². The molecule has 2 amide bonds. The Bertz CT molecular complexity index is 725. The Morgan fingerprint density at radius 3 is 2.12 bits per heavy atom. The molecule has 2 N–H and O–H groups in total. The molecule has 132 valence electrons. The molecule has 2 rings (SSSR count). The minimum absolute atomic E-state index is 0.446. The molecule has 0 aliphatic heterocycles. The van der Waals surface area contributed by atoms with E-state index in [4.69, 9.17) is 4.74 Å². The number of carbonyl (C=O) groups is 2. The number of hydrogen-bond acceptors (Lipinski definition) is 4. The molecule has 25 heavy (non-hydrogen) atoms. The Hall–Kier alpha value is -3.02. The smallest absolute Gasteiger partial charge is 0.314 e. The van der Waals surface area contributed by atoms with Crippen molar-refractivity contribution in [2.45, 2.75) is 13.8 Å². The second-order valence-electron chi connectivity index (χ2n) is 5.33. The van der Waals surface area contributed by atoms with E-state index >= 15 is 0 Å². The summed E-state index contributed by atoms with van der Waals surface area (Å²) in [6.45, 7) is 5.98. The fourth-order valence-electron chi connectivity index (χ4n) is 2.46. The van der Waals surface area contributed by atoms with Gasteiger partial charge < -0.3 is 20.3 Å². The molecule has 0 bridgehead atoms. The maximum atomic E-state index is 12.1. The number of amides is 2. The first-order valence-corrected chi connectivity index (χ1v) is 8.19. The Balaban J connectivity index is 2.00. The summed E-state index contributed by atoms with van der Waals surface area (Å²) in [7, 11) is 1.50. The van der Waals surface area contributed by atoms with Crippen LogP contribution in [0.5, 0.6) is 5.75 Å². The van der Waals surface area contributed by atoms with Gasteiger partial charge in [-0.3, -0.25) is 9.59 Å². The highest BCUT2D eigenvalue weighted by molar-refractivity contribution is 6.43. The van der Waals surface area contributed by atoms with Crippen LogP contribution in [0, 0.1) is 0 Å². The fourth-order valence-corrected chi connectivity index (χ4v) is 2.46. The molecular weight excluding hydrogens is 318 g/mol. The molecule has 0 fully saturated rings. The number of ether oxygens (including phenoxy) is 1. The zero-order valence-corrected chi connectivity index (χ0v) is 14.7. The van der Waals surface area contributed by atoms with Crippen LogP contribution in [0.25, 0.3) is 0 Å². The summed E-state index contributed by atoms with van der Waals surface area (Å²) < 4.78 is 5.15. The lowest BCUT2D eigenvalue weighted by Crippen LogP contribution is -2.29. The lowest BCUT2D eigenvalue weighted by molar-refractivity contribution is -0.133. The number of rotatable bonds is 6. The van der Waals surface area contributed by atoms with E-state index in [2.05, 4.69) is 29.4 Å². The third-order valence-corrected chi connectivity index (χ3v) is 3.82. The quantitative estimate of drug-likeness (QED) is 0.792. The summed E-state index contributed by atoms with van der Waals surface area (Å²) in [5.41, 5.74) is 2.08. The summed E-state index contributed by atoms with van der Waals surface area (Å²) >= 11 is 0. The van der Waals surface area contributed by atoms with Gasteiger partial charge in [0.15, 0.2) is 0 Å². The van der Waals surface area contributed by atoms with Gasteiger partial charge >= 0.3 is 11.8 Å². The van der Waals surface area contributed by atoms with Crippen molar-refractivity contribution in [1.82, 2.24) is 0 Å².